The third kappa shape index (κ3) is 5.92. The van der Waals surface area contributed by atoms with Gasteiger partial charge in [0.2, 0.25) is 15.9 Å². The highest BCUT2D eigenvalue weighted by molar-refractivity contribution is 7.92. The largest absolute Gasteiger partial charge is 0.339 e. The van der Waals surface area contributed by atoms with Gasteiger partial charge in [0.25, 0.3) is 0 Å². The Bertz CT molecular complexity index is 819. The van der Waals surface area contributed by atoms with Crippen LogP contribution >= 0.6 is 0 Å². The highest BCUT2D eigenvalue weighted by atomic mass is 32.2. The van der Waals surface area contributed by atoms with Gasteiger partial charge < -0.3 is 4.90 Å². The lowest BCUT2D eigenvalue weighted by atomic mass is 9.86. The Morgan fingerprint density at radius 2 is 1.72 bits per heavy atom. The van der Waals surface area contributed by atoms with E-state index in [9.17, 15) is 13.2 Å². The second kappa shape index (κ2) is 9.00. The summed E-state index contributed by atoms with van der Waals surface area (Å²) in [7, 11) is -3.46. The highest BCUT2D eigenvalue weighted by Crippen LogP contribution is 2.32. The molecule has 2 saturated heterocycles. The maximum Gasteiger partial charge on any atom is 0.236 e. The minimum Gasteiger partial charge on any atom is -0.339 e. The summed E-state index contributed by atoms with van der Waals surface area (Å²) in [5.74, 6) is 0.175. The second-order valence-corrected chi connectivity index (χ2v) is 11.3. The van der Waals surface area contributed by atoms with E-state index >= 15 is 0 Å². The topological polar surface area (TPSA) is 57.7 Å². The molecule has 6 heteroatoms. The summed E-state index contributed by atoms with van der Waals surface area (Å²) >= 11 is 0. The van der Waals surface area contributed by atoms with E-state index < -0.39 is 10.0 Å². The molecule has 2 fully saturated rings. The first-order valence-corrected chi connectivity index (χ1v) is 12.2. The van der Waals surface area contributed by atoms with Crippen LogP contribution in [0.4, 0.5) is 0 Å². The SMILES string of the molecule is CC(C)(C)CC1CCCN1C(=O)C1CCN(S(=O)(=O)/C=C/c2ccccc2)CC1. The summed E-state index contributed by atoms with van der Waals surface area (Å²) in [6.45, 7) is 8.34. The molecule has 0 radical (unpaired) electrons. The van der Waals surface area contributed by atoms with Crippen molar-refractivity contribution >= 4 is 22.0 Å². The van der Waals surface area contributed by atoms with Crippen LogP contribution in [0.3, 0.4) is 0 Å². The minimum absolute atomic E-state index is 0.0554. The molecule has 1 atom stereocenters. The molecule has 1 unspecified atom stereocenters. The van der Waals surface area contributed by atoms with Gasteiger partial charge in [-0.3, -0.25) is 4.79 Å². The van der Waals surface area contributed by atoms with Crippen LogP contribution < -0.4 is 0 Å². The number of carbonyl (C=O) groups excluding carboxylic acids is 1. The number of carbonyl (C=O) groups is 1. The quantitative estimate of drug-likeness (QED) is 0.722. The fraction of sp³-hybridized carbons (Fsp3) is 0.609. The van der Waals surface area contributed by atoms with Crippen molar-refractivity contribution in [3.8, 4) is 0 Å². The van der Waals surface area contributed by atoms with Crippen LogP contribution in [0.2, 0.25) is 0 Å². The van der Waals surface area contributed by atoms with Crippen LogP contribution in [0.15, 0.2) is 35.7 Å². The van der Waals surface area contributed by atoms with Gasteiger partial charge in [-0.05, 0) is 49.2 Å². The van der Waals surface area contributed by atoms with E-state index in [-0.39, 0.29) is 17.2 Å². The molecular formula is C23H34N2O3S. The van der Waals surface area contributed by atoms with Gasteiger partial charge in [-0.2, -0.15) is 4.31 Å². The van der Waals surface area contributed by atoms with Crippen LogP contribution in [0.5, 0.6) is 0 Å². The molecule has 0 aliphatic carbocycles. The number of rotatable bonds is 5. The van der Waals surface area contributed by atoms with E-state index in [1.54, 1.807) is 6.08 Å². The molecule has 1 amide bonds. The van der Waals surface area contributed by atoms with E-state index in [0.29, 0.717) is 32.0 Å². The molecule has 3 rings (SSSR count). The van der Waals surface area contributed by atoms with Gasteiger partial charge in [-0.1, -0.05) is 51.1 Å². The maximum atomic E-state index is 13.1. The third-order valence-electron chi connectivity index (χ3n) is 5.90. The molecule has 0 N–H and O–H groups in total. The Balaban J connectivity index is 1.57. The predicted molar refractivity (Wildman–Crippen MR) is 117 cm³/mol. The van der Waals surface area contributed by atoms with E-state index in [4.69, 9.17) is 0 Å². The Kier molecular flexibility index (Phi) is 6.84. The zero-order chi connectivity index (χ0) is 21.1. The lowest BCUT2D eigenvalue weighted by molar-refractivity contribution is -0.138. The number of hydrogen-bond donors (Lipinski definition) is 0. The number of sulfonamides is 1. The van der Waals surface area contributed by atoms with Crippen molar-refractivity contribution in [3.05, 3.63) is 41.3 Å². The number of piperidine rings is 1. The van der Waals surface area contributed by atoms with Crippen LogP contribution in [0.25, 0.3) is 6.08 Å². The predicted octanol–water partition coefficient (Wildman–Crippen LogP) is 4.13. The summed E-state index contributed by atoms with van der Waals surface area (Å²) in [5, 5.41) is 1.28. The first kappa shape index (κ1) is 22.0. The van der Waals surface area contributed by atoms with Gasteiger partial charge in [0, 0.05) is 37.0 Å². The second-order valence-electron chi connectivity index (χ2n) is 9.52. The average Bonchev–Trinajstić information content (AvgIpc) is 3.13. The van der Waals surface area contributed by atoms with Crippen molar-refractivity contribution in [1.82, 2.24) is 9.21 Å². The maximum absolute atomic E-state index is 13.1. The normalized spacial score (nSPS) is 22.4. The van der Waals surface area contributed by atoms with Crippen molar-refractivity contribution in [2.24, 2.45) is 11.3 Å². The van der Waals surface area contributed by atoms with Gasteiger partial charge in [-0.15, -0.1) is 0 Å². The number of benzene rings is 1. The molecule has 0 bridgehead atoms. The molecule has 0 aromatic heterocycles. The number of hydrogen-bond acceptors (Lipinski definition) is 3. The summed E-state index contributed by atoms with van der Waals surface area (Å²) in [6, 6.07) is 9.75. The minimum atomic E-state index is -3.46. The molecule has 2 aliphatic rings. The van der Waals surface area contributed by atoms with Gasteiger partial charge in [0.05, 0.1) is 0 Å². The number of nitrogens with zero attached hydrogens (tertiary/aromatic N) is 2. The van der Waals surface area contributed by atoms with Crippen molar-refractivity contribution < 1.29 is 13.2 Å². The standard InChI is InChI=1S/C23H34N2O3S/c1-23(2,3)18-21-10-7-14-25(21)22(26)20-11-15-24(16-12-20)29(27,28)17-13-19-8-5-4-6-9-19/h4-6,8-9,13,17,20-21H,7,10-12,14-16,18H2,1-3H3/b17-13+. The number of amides is 1. The van der Waals surface area contributed by atoms with Crippen molar-refractivity contribution in [2.45, 2.75) is 58.9 Å². The van der Waals surface area contributed by atoms with Gasteiger partial charge in [0.1, 0.15) is 0 Å². The molecule has 29 heavy (non-hydrogen) atoms. The van der Waals surface area contributed by atoms with Gasteiger partial charge >= 0.3 is 0 Å². The molecule has 0 saturated carbocycles. The zero-order valence-corrected chi connectivity index (χ0v) is 18.7. The molecule has 0 spiro atoms. The summed E-state index contributed by atoms with van der Waals surface area (Å²) < 4.78 is 26.8. The first-order chi connectivity index (χ1) is 13.7. The molecule has 2 heterocycles. The lowest BCUT2D eigenvalue weighted by Crippen LogP contribution is -2.46. The van der Waals surface area contributed by atoms with Crippen LogP contribution in [-0.4, -0.2) is 49.2 Å². The summed E-state index contributed by atoms with van der Waals surface area (Å²) in [6.07, 6.45) is 6.03. The van der Waals surface area contributed by atoms with E-state index in [1.165, 1.54) is 9.71 Å². The summed E-state index contributed by atoms with van der Waals surface area (Å²) in [5.41, 5.74) is 1.07. The molecule has 1 aromatic rings. The fourth-order valence-corrected chi connectivity index (χ4v) is 5.67. The molecule has 1 aromatic carbocycles. The van der Waals surface area contributed by atoms with E-state index in [2.05, 4.69) is 25.7 Å². The molecule has 2 aliphatic heterocycles. The van der Waals surface area contributed by atoms with E-state index in [0.717, 1.165) is 31.4 Å². The lowest BCUT2D eigenvalue weighted by Gasteiger charge is -2.35. The van der Waals surface area contributed by atoms with Crippen LogP contribution in [0.1, 0.15) is 58.4 Å². The van der Waals surface area contributed by atoms with E-state index in [1.807, 2.05) is 30.3 Å². The van der Waals surface area contributed by atoms with Gasteiger partial charge in [-0.25, -0.2) is 8.42 Å². The monoisotopic (exact) mass is 418 g/mol. The average molecular weight is 419 g/mol. The Morgan fingerprint density at radius 3 is 2.34 bits per heavy atom. The smallest absolute Gasteiger partial charge is 0.236 e. The van der Waals surface area contributed by atoms with Gasteiger partial charge in [0.15, 0.2) is 0 Å². The summed E-state index contributed by atoms with van der Waals surface area (Å²) in [4.78, 5) is 15.2. The Morgan fingerprint density at radius 1 is 1.07 bits per heavy atom. The molecule has 160 valence electrons. The number of likely N-dealkylation sites (tertiary alicyclic amines) is 1. The van der Waals surface area contributed by atoms with Crippen molar-refractivity contribution in [2.75, 3.05) is 19.6 Å². The van der Waals surface area contributed by atoms with Crippen LogP contribution in [0, 0.1) is 11.3 Å². The molecule has 5 nitrogen and oxygen atoms in total. The third-order valence-corrected chi connectivity index (χ3v) is 7.47. The molecular weight excluding hydrogens is 384 g/mol. The Labute approximate surface area is 175 Å². The zero-order valence-electron chi connectivity index (χ0n) is 17.9. The highest BCUT2D eigenvalue weighted by Gasteiger charge is 2.37. The Hall–Kier alpha value is -1.66. The van der Waals surface area contributed by atoms with Crippen molar-refractivity contribution in [1.29, 1.82) is 0 Å². The van der Waals surface area contributed by atoms with Crippen molar-refractivity contribution in [3.63, 3.8) is 0 Å². The van der Waals surface area contributed by atoms with Crippen LogP contribution in [-0.2, 0) is 14.8 Å². The first-order valence-electron chi connectivity index (χ1n) is 10.7. The fourth-order valence-electron chi connectivity index (χ4n) is 4.45.